The number of benzene rings is 1. The van der Waals surface area contributed by atoms with E-state index >= 15 is 0 Å². The van der Waals surface area contributed by atoms with E-state index < -0.39 is 5.97 Å². The van der Waals surface area contributed by atoms with Gasteiger partial charge in [0.2, 0.25) is 5.11 Å². The third-order valence-electron chi connectivity index (χ3n) is 2.35. The van der Waals surface area contributed by atoms with Crippen molar-refractivity contribution in [2.24, 2.45) is 16.0 Å². The van der Waals surface area contributed by atoms with Crippen LogP contribution in [0.2, 0.25) is 0 Å². The summed E-state index contributed by atoms with van der Waals surface area (Å²) in [5.41, 5.74) is 8.44. The number of nitrogens with one attached hydrogen (secondary N) is 1. The molecule has 2 rings (SSSR count). The van der Waals surface area contributed by atoms with Crippen LogP contribution < -0.4 is 21.1 Å². The van der Waals surface area contributed by atoms with Crippen LogP contribution in [0.3, 0.4) is 0 Å². The van der Waals surface area contributed by atoms with E-state index in [1.54, 1.807) is 31.4 Å². The molecule has 1 heterocycles. The Morgan fingerprint density at radius 3 is 2.80 bits per heavy atom. The molecule has 0 atom stereocenters. The molecule has 0 saturated carbocycles. The molecular weight excluding hydrogens is 282 g/mol. The predicted octanol–water partition coefficient (Wildman–Crippen LogP) is 1.02. The van der Waals surface area contributed by atoms with Gasteiger partial charge in [-0.1, -0.05) is 5.59 Å². The Kier molecular flexibility index (Phi) is 4.23. The maximum atomic E-state index is 11.6. The lowest BCUT2D eigenvalue weighted by Gasteiger charge is -2.14. The quantitative estimate of drug-likeness (QED) is 0.487. The van der Waals surface area contributed by atoms with Gasteiger partial charge in [0.25, 0.3) is 0 Å². The smallest absolute Gasteiger partial charge is 0.378 e. The van der Waals surface area contributed by atoms with Crippen molar-refractivity contribution in [3.8, 4) is 5.75 Å². The van der Waals surface area contributed by atoms with Gasteiger partial charge in [-0.2, -0.15) is 5.11 Å². The number of carbonyl (C=O) groups excluding carboxylic acids is 1. The zero-order valence-electron chi connectivity index (χ0n) is 10.4. The summed E-state index contributed by atoms with van der Waals surface area (Å²) < 4.78 is 5.06. The standard InChI is InChI=1S/C11H11N5O3S/c1-18-8-4-2-7(3-5-8)16-9(10(17)19-15-16)6-13-14-11(12)20/h2-6,15H,1H3,(H2,12,20)/b9-6-,14-13?. The molecule has 1 saturated heterocycles. The van der Waals surface area contributed by atoms with E-state index in [1.165, 1.54) is 11.2 Å². The molecule has 0 bridgehead atoms. The average molecular weight is 293 g/mol. The Balaban J connectivity index is 2.24. The first kappa shape index (κ1) is 13.9. The first-order valence-corrected chi connectivity index (χ1v) is 5.84. The Morgan fingerprint density at radius 1 is 1.50 bits per heavy atom. The number of hydrogen-bond donors (Lipinski definition) is 2. The molecule has 9 heteroatoms. The molecule has 0 unspecified atom stereocenters. The van der Waals surface area contributed by atoms with Gasteiger partial charge in [0.1, 0.15) is 5.75 Å². The van der Waals surface area contributed by atoms with E-state index in [4.69, 9.17) is 15.3 Å². The lowest BCUT2D eigenvalue weighted by Crippen LogP contribution is -2.28. The molecule has 8 nitrogen and oxygen atoms in total. The molecular formula is C11H11N5O3S. The van der Waals surface area contributed by atoms with Crippen molar-refractivity contribution < 1.29 is 14.4 Å². The summed E-state index contributed by atoms with van der Waals surface area (Å²) in [6.07, 6.45) is 1.20. The van der Waals surface area contributed by atoms with Crippen LogP contribution in [0.5, 0.6) is 5.75 Å². The van der Waals surface area contributed by atoms with E-state index in [0.717, 1.165) is 0 Å². The molecule has 0 spiro atoms. The number of thiocarbonyl (C=S) groups is 1. The van der Waals surface area contributed by atoms with Crippen molar-refractivity contribution in [1.82, 2.24) is 5.59 Å². The lowest BCUT2D eigenvalue weighted by atomic mass is 10.3. The minimum atomic E-state index is -0.595. The van der Waals surface area contributed by atoms with Crippen LogP contribution in [0.1, 0.15) is 0 Å². The predicted molar refractivity (Wildman–Crippen MR) is 74.4 cm³/mol. The molecule has 104 valence electrons. The Bertz CT molecular complexity index is 584. The molecule has 0 radical (unpaired) electrons. The summed E-state index contributed by atoms with van der Waals surface area (Å²) in [6, 6.07) is 6.97. The minimum absolute atomic E-state index is 0.128. The zero-order chi connectivity index (χ0) is 14.5. The Labute approximate surface area is 119 Å². The largest absolute Gasteiger partial charge is 0.497 e. The molecule has 1 aromatic rings. The average Bonchev–Trinajstić information content (AvgIpc) is 2.80. The highest BCUT2D eigenvalue weighted by Crippen LogP contribution is 2.24. The summed E-state index contributed by atoms with van der Waals surface area (Å²) in [5, 5.41) is 8.33. The highest BCUT2D eigenvalue weighted by molar-refractivity contribution is 7.80. The van der Waals surface area contributed by atoms with E-state index in [9.17, 15) is 4.79 Å². The van der Waals surface area contributed by atoms with Crippen LogP contribution in [0.15, 0.2) is 46.4 Å². The second-order valence-electron chi connectivity index (χ2n) is 3.58. The molecule has 0 aliphatic carbocycles. The summed E-state index contributed by atoms with van der Waals surface area (Å²) in [4.78, 5) is 16.3. The summed E-state index contributed by atoms with van der Waals surface area (Å²) in [6.45, 7) is 0. The van der Waals surface area contributed by atoms with Gasteiger partial charge in [-0.15, -0.1) is 5.11 Å². The number of anilines is 1. The van der Waals surface area contributed by atoms with Crippen LogP contribution in [0.25, 0.3) is 0 Å². The van der Waals surface area contributed by atoms with Crippen molar-refractivity contribution in [2.75, 3.05) is 12.1 Å². The maximum absolute atomic E-state index is 11.6. The molecule has 1 aliphatic rings. The van der Waals surface area contributed by atoms with Gasteiger partial charge < -0.3 is 15.3 Å². The first-order chi connectivity index (χ1) is 9.61. The first-order valence-electron chi connectivity index (χ1n) is 5.43. The molecule has 0 aromatic heterocycles. The number of nitrogens with zero attached hydrogens (tertiary/aromatic N) is 3. The number of hydrazine groups is 1. The third-order valence-corrected chi connectivity index (χ3v) is 2.43. The van der Waals surface area contributed by atoms with E-state index in [2.05, 4.69) is 28.0 Å². The second kappa shape index (κ2) is 6.08. The number of nitrogens with two attached hydrogens (primary N) is 1. The van der Waals surface area contributed by atoms with E-state index in [0.29, 0.717) is 11.4 Å². The minimum Gasteiger partial charge on any atom is -0.497 e. The van der Waals surface area contributed by atoms with Crippen molar-refractivity contribution in [3.05, 3.63) is 36.2 Å². The normalized spacial score (nSPS) is 16.8. The number of azo groups is 1. The number of rotatable bonds is 3. The number of ether oxygens (including phenoxy) is 1. The summed E-state index contributed by atoms with van der Waals surface area (Å²) in [5.74, 6) is 0.0987. The molecule has 3 N–H and O–H groups in total. The van der Waals surface area contributed by atoms with Gasteiger partial charge in [0.05, 0.1) is 19.0 Å². The van der Waals surface area contributed by atoms with Crippen LogP contribution in [0.4, 0.5) is 5.69 Å². The Hall–Kier alpha value is -2.52. The zero-order valence-corrected chi connectivity index (χ0v) is 11.3. The summed E-state index contributed by atoms with van der Waals surface area (Å²) >= 11 is 4.54. The number of carbonyl (C=O) groups is 1. The molecule has 20 heavy (non-hydrogen) atoms. The van der Waals surface area contributed by atoms with Crippen molar-refractivity contribution in [1.29, 1.82) is 0 Å². The van der Waals surface area contributed by atoms with Crippen molar-refractivity contribution in [2.45, 2.75) is 0 Å². The SMILES string of the molecule is COc1ccc(N2NOC(=O)/C2=C/N=NC(N)=S)cc1. The van der Waals surface area contributed by atoms with E-state index in [1.807, 2.05) is 0 Å². The lowest BCUT2D eigenvalue weighted by molar-refractivity contribution is -0.140. The fraction of sp³-hybridized carbons (Fsp3) is 0.0909. The van der Waals surface area contributed by atoms with Crippen LogP contribution in [0, 0.1) is 0 Å². The highest BCUT2D eigenvalue weighted by Gasteiger charge is 2.29. The van der Waals surface area contributed by atoms with Gasteiger partial charge in [0, 0.05) is 0 Å². The monoisotopic (exact) mass is 293 g/mol. The van der Waals surface area contributed by atoms with Gasteiger partial charge in [-0.05, 0) is 36.5 Å². The van der Waals surface area contributed by atoms with Gasteiger partial charge in [-0.3, -0.25) is 0 Å². The molecule has 1 fully saturated rings. The van der Waals surface area contributed by atoms with Crippen LogP contribution in [-0.4, -0.2) is 18.2 Å². The fourth-order valence-corrected chi connectivity index (χ4v) is 1.50. The number of hydrogen-bond acceptors (Lipinski definition) is 7. The number of methoxy groups -OCH3 is 1. The van der Waals surface area contributed by atoms with Crippen LogP contribution in [-0.2, 0) is 9.63 Å². The summed E-state index contributed by atoms with van der Waals surface area (Å²) in [7, 11) is 1.57. The van der Waals surface area contributed by atoms with Crippen molar-refractivity contribution >= 4 is 29.0 Å². The van der Waals surface area contributed by atoms with Gasteiger partial charge in [-0.25, -0.2) is 9.80 Å². The topological polar surface area (TPSA) is 102 Å². The van der Waals surface area contributed by atoms with Gasteiger partial charge >= 0.3 is 5.97 Å². The maximum Gasteiger partial charge on any atom is 0.378 e. The molecule has 1 aromatic carbocycles. The van der Waals surface area contributed by atoms with E-state index in [-0.39, 0.29) is 10.8 Å². The van der Waals surface area contributed by atoms with Crippen LogP contribution >= 0.6 is 12.2 Å². The fourth-order valence-electron chi connectivity index (χ4n) is 1.45. The van der Waals surface area contributed by atoms with Gasteiger partial charge in [0.15, 0.2) is 5.70 Å². The Morgan fingerprint density at radius 2 is 2.20 bits per heavy atom. The van der Waals surface area contributed by atoms with Crippen molar-refractivity contribution in [3.63, 3.8) is 0 Å². The second-order valence-corrected chi connectivity index (χ2v) is 4.00. The molecule has 0 amide bonds. The third kappa shape index (κ3) is 3.08. The highest BCUT2D eigenvalue weighted by atomic mass is 32.1. The molecule has 1 aliphatic heterocycles.